The molecule has 2 nitrogen and oxygen atoms in total. The minimum atomic E-state index is 0.171. The molecule has 0 aromatic carbocycles. The molecule has 1 rings (SSSR count). The Hall–Kier alpha value is -0.380. The molecule has 0 spiro atoms. The Balaban J connectivity index is 2.49. The fourth-order valence-electron chi connectivity index (χ4n) is 0.986. The highest BCUT2D eigenvalue weighted by Gasteiger charge is 2.06. The van der Waals surface area contributed by atoms with Gasteiger partial charge in [-0.05, 0) is 25.5 Å². The molecule has 1 aromatic rings. The monoisotopic (exact) mass is 170 g/mol. The molecule has 11 heavy (non-hydrogen) atoms. The summed E-state index contributed by atoms with van der Waals surface area (Å²) >= 11 is 1.72. The van der Waals surface area contributed by atoms with Gasteiger partial charge >= 0.3 is 0 Å². The Labute approximate surface area is 71.6 Å². The van der Waals surface area contributed by atoms with Gasteiger partial charge in [0.2, 0.25) is 0 Å². The molecule has 0 fully saturated rings. The third kappa shape index (κ3) is 2.61. The topological polar surface area (TPSA) is 29.3 Å². The zero-order valence-electron chi connectivity index (χ0n) is 6.95. The van der Waals surface area contributed by atoms with Crippen molar-refractivity contribution < 1.29 is 0 Å². The van der Waals surface area contributed by atoms with Crippen molar-refractivity contribution in [3.8, 4) is 0 Å². The van der Waals surface area contributed by atoms with Crippen LogP contribution < -0.4 is 5.73 Å². The van der Waals surface area contributed by atoms with E-state index in [1.807, 2.05) is 20.2 Å². The van der Waals surface area contributed by atoms with Gasteiger partial charge in [0.15, 0.2) is 0 Å². The quantitative estimate of drug-likeness (QED) is 0.741. The maximum absolute atomic E-state index is 5.91. The van der Waals surface area contributed by atoms with Crippen molar-refractivity contribution in [3.05, 3.63) is 22.4 Å². The fourth-order valence-corrected chi connectivity index (χ4v) is 1.71. The number of likely N-dealkylation sites (N-methyl/N-ethyl adjacent to an activating group) is 1. The van der Waals surface area contributed by atoms with Crippen LogP contribution in [-0.4, -0.2) is 25.5 Å². The van der Waals surface area contributed by atoms with Crippen LogP contribution in [0.1, 0.15) is 10.9 Å². The molecule has 0 saturated carbocycles. The van der Waals surface area contributed by atoms with E-state index >= 15 is 0 Å². The van der Waals surface area contributed by atoms with Gasteiger partial charge in [0.1, 0.15) is 0 Å². The van der Waals surface area contributed by atoms with E-state index in [1.54, 1.807) is 11.3 Å². The maximum Gasteiger partial charge on any atom is 0.0518 e. The van der Waals surface area contributed by atoms with Crippen LogP contribution in [0.5, 0.6) is 0 Å². The molecule has 1 aromatic heterocycles. The summed E-state index contributed by atoms with van der Waals surface area (Å²) in [5.74, 6) is 0. The summed E-state index contributed by atoms with van der Waals surface area (Å²) in [5.41, 5.74) is 5.91. The Kier molecular flexibility index (Phi) is 3.05. The van der Waals surface area contributed by atoms with E-state index in [2.05, 4.69) is 16.3 Å². The number of rotatable bonds is 3. The van der Waals surface area contributed by atoms with E-state index in [4.69, 9.17) is 5.73 Å². The molecule has 0 unspecified atom stereocenters. The first-order chi connectivity index (χ1) is 5.20. The summed E-state index contributed by atoms with van der Waals surface area (Å²) in [5, 5.41) is 2.06. The molecule has 0 aliphatic carbocycles. The first kappa shape index (κ1) is 8.71. The molecule has 62 valence electrons. The van der Waals surface area contributed by atoms with E-state index in [0.717, 1.165) is 6.54 Å². The van der Waals surface area contributed by atoms with Crippen LogP contribution in [0, 0.1) is 0 Å². The molecule has 3 heteroatoms. The average Bonchev–Trinajstić information content (AvgIpc) is 2.35. The van der Waals surface area contributed by atoms with E-state index in [9.17, 15) is 0 Å². The van der Waals surface area contributed by atoms with Gasteiger partial charge in [-0.1, -0.05) is 6.07 Å². The second-order valence-electron chi connectivity index (χ2n) is 2.88. The van der Waals surface area contributed by atoms with Gasteiger partial charge in [0.05, 0.1) is 6.04 Å². The molecule has 0 aliphatic rings. The minimum absolute atomic E-state index is 0.171. The summed E-state index contributed by atoms with van der Waals surface area (Å²) in [7, 11) is 4.07. The standard InChI is InChI=1S/C8H14N2S/c1-10(2)6-7(9)8-4-3-5-11-8/h3-5,7H,6,9H2,1-2H3/t7-/m1/s1. The third-order valence-electron chi connectivity index (χ3n) is 1.47. The SMILES string of the molecule is CN(C)C[C@@H](N)c1cccs1. The van der Waals surface area contributed by atoms with Gasteiger partial charge in [-0.25, -0.2) is 0 Å². The highest BCUT2D eigenvalue weighted by molar-refractivity contribution is 7.10. The van der Waals surface area contributed by atoms with E-state index in [1.165, 1.54) is 4.88 Å². The summed E-state index contributed by atoms with van der Waals surface area (Å²) in [6.45, 7) is 0.917. The number of nitrogens with zero attached hydrogens (tertiary/aromatic N) is 1. The first-order valence-electron chi connectivity index (χ1n) is 3.64. The number of hydrogen-bond acceptors (Lipinski definition) is 3. The van der Waals surface area contributed by atoms with Crippen molar-refractivity contribution in [1.82, 2.24) is 4.90 Å². The lowest BCUT2D eigenvalue weighted by molar-refractivity contribution is 0.379. The zero-order valence-corrected chi connectivity index (χ0v) is 7.77. The van der Waals surface area contributed by atoms with Crippen molar-refractivity contribution in [1.29, 1.82) is 0 Å². The van der Waals surface area contributed by atoms with Crippen molar-refractivity contribution in [2.45, 2.75) is 6.04 Å². The van der Waals surface area contributed by atoms with Gasteiger partial charge in [-0.2, -0.15) is 0 Å². The van der Waals surface area contributed by atoms with Crippen molar-refractivity contribution in [2.24, 2.45) is 5.73 Å². The molecular formula is C8H14N2S. The largest absolute Gasteiger partial charge is 0.322 e. The van der Waals surface area contributed by atoms with Crippen LogP contribution in [0.25, 0.3) is 0 Å². The average molecular weight is 170 g/mol. The Bertz CT molecular complexity index is 194. The normalized spacial score (nSPS) is 13.8. The van der Waals surface area contributed by atoms with Gasteiger partial charge in [-0.3, -0.25) is 0 Å². The number of nitrogens with two attached hydrogens (primary N) is 1. The van der Waals surface area contributed by atoms with Gasteiger partial charge in [0.25, 0.3) is 0 Å². The Morgan fingerprint density at radius 2 is 2.36 bits per heavy atom. The van der Waals surface area contributed by atoms with Crippen LogP contribution in [-0.2, 0) is 0 Å². The van der Waals surface area contributed by atoms with Crippen LogP contribution >= 0.6 is 11.3 Å². The molecule has 1 heterocycles. The van der Waals surface area contributed by atoms with Gasteiger partial charge in [-0.15, -0.1) is 11.3 Å². The highest BCUT2D eigenvalue weighted by atomic mass is 32.1. The predicted molar refractivity (Wildman–Crippen MR) is 49.8 cm³/mol. The number of thiophene rings is 1. The minimum Gasteiger partial charge on any atom is -0.322 e. The highest BCUT2D eigenvalue weighted by Crippen LogP contribution is 2.16. The molecular weight excluding hydrogens is 156 g/mol. The summed E-state index contributed by atoms with van der Waals surface area (Å²) in [4.78, 5) is 3.36. The van der Waals surface area contributed by atoms with Crippen LogP contribution in [0.4, 0.5) is 0 Å². The second-order valence-corrected chi connectivity index (χ2v) is 3.86. The first-order valence-corrected chi connectivity index (χ1v) is 4.52. The lowest BCUT2D eigenvalue weighted by Crippen LogP contribution is -2.25. The smallest absolute Gasteiger partial charge is 0.0518 e. The Morgan fingerprint density at radius 3 is 2.82 bits per heavy atom. The fraction of sp³-hybridized carbons (Fsp3) is 0.500. The maximum atomic E-state index is 5.91. The van der Waals surface area contributed by atoms with Crippen molar-refractivity contribution >= 4 is 11.3 Å². The van der Waals surface area contributed by atoms with Crippen LogP contribution in [0.15, 0.2) is 17.5 Å². The number of hydrogen-bond donors (Lipinski definition) is 1. The lowest BCUT2D eigenvalue weighted by atomic mass is 10.2. The zero-order chi connectivity index (χ0) is 8.27. The van der Waals surface area contributed by atoms with Gasteiger partial charge < -0.3 is 10.6 Å². The molecule has 0 amide bonds. The van der Waals surface area contributed by atoms with Crippen LogP contribution in [0.2, 0.25) is 0 Å². The van der Waals surface area contributed by atoms with E-state index in [0.29, 0.717) is 0 Å². The predicted octanol–water partition coefficient (Wildman–Crippen LogP) is 1.31. The summed E-state index contributed by atoms with van der Waals surface area (Å²) in [6.07, 6.45) is 0. The lowest BCUT2D eigenvalue weighted by Gasteiger charge is -2.14. The molecule has 0 bridgehead atoms. The summed E-state index contributed by atoms with van der Waals surface area (Å²) in [6, 6.07) is 4.29. The summed E-state index contributed by atoms with van der Waals surface area (Å²) < 4.78 is 0. The molecule has 0 saturated heterocycles. The molecule has 0 aliphatic heterocycles. The molecule has 1 atom stereocenters. The van der Waals surface area contributed by atoms with E-state index < -0.39 is 0 Å². The second kappa shape index (κ2) is 3.85. The van der Waals surface area contributed by atoms with E-state index in [-0.39, 0.29) is 6.04 Å². The third-order valence-corrected chi connectivity index (χ3v) is 2.47. The van der Waals surface area contributed by atoms with Gasteiger partial charge in [0, 0.05) is 11.4 Å². The molecule has 0 radical (unpaired) electrons. The van der Waals surface area contributed by atoms with Crippen molar-refractivity contribution in [2.75, 3.05) is 20.6 Å². The van der Waals surface area contributed by atoms with Crippen LogP contribution in [0.3, 0.4) is 0 Å². The molecule has 2 N–H and O–H groups in total. The van der Waals surface area contributed by atoms with Crippen molar-refractivity contribution in [3.63, 3.8) is 0 Å². The Morgan fingerprint density at radius 1 is 1.64 bits per heavy atom.